The van der Waals surface area contributed by atoms with Crippen LogP contribution in [0.3, 0.4) is 0 Å². The molecule has 6 aliphatic heterocycles. The minimum absolute atomic E-state index is 0.0766. The molecule has 0 amide bonds. The quantitative estimate of drug-likeness (QED) is 0.0413. The Bertz CT molecular complexity index is 2680. The lowest BCUT2D eigenvalue weighted by Gasteiger charge is -2.72. The molecule has 4 saturated carbocycles. The van der Waals surface area contributed by atoms with E-state index in [4.69, 9.17) is 56.8 Å². The van der Waals surface area contributed by atoms with Crippen molar-refractivity contribution in [2.75, 3.05) is 39.6 Å². The van der Waals surface area contributed by atoms with Crippen LogP contribution >= 0.6 is 0 Å². The Morgan fingerprint density at radius 3 is 1.78 bits per heavy atom. The Morgan fingerprint density at radius 1 is 0.532 bits per heavy atom. The number of aliphatic hydroxyl groups is 18. The van der Waals surface area contributed by atoms with E-state index in [0.717, 1.165) is 5.57 Å². The number of ether oxygens (including phenoxy) is 12. The van der Waals surface area contributed by atoms with Gasteiger partial charge in [-0.15, -0.1) is 0 Å². The third-order valence-electron chi connectivity index (χ3n) is 24.5. The van der Waals surface area contributed by atoms with Gasteiger partial charge < -0.3 is 149 Å². The van der Waals surface area contributed by atoms with E-state index in [1.807, 2.05) is 6.92 Å². The number of esters is 1. The fraction of sp³-hybridized carbons (Fsp3) is 0.952. The maximum Gasteiger partial charge on any atom is 0.315 e. The van der Waals surface area contributed by atoms with Crippen LogP contribution in [0.2, 0.25) is 0 Å². The van der Waals surface area contributed by atoms with Crippen molar-refractivity contribution in [3.8, 4) is 0 Å². The molecule has 540 valence electrons. The number of rotatable bonds is 15. The van der Waals surface area contributed by atoms with Crippen molar-refractivity contribution in [3.63, 3.8) is 0 Å². The predicted octanol–water partition coefficient (Wildman–Crippen LogP) is -5.50. The minimum Gasteiger partial charge on any atom is -0.432 e. The number of aliphatic hydroxyl groups excluding tert-OH is 17. The molecule has 0 radical (unpaired) electrons. The lowest BCUT2D eigenvalue weighted by atomic mass is 9.33. The van der Waals surface area contributed by atoms with Crippen molar-refractivity contribution in [3.05, 3.63) is 11.6 Å². The second-order valence-electron chi connectivity index (χ2n) is 30.8. The average molecular weight is 1360 g/mol. The van der Waals surface area contributed by atoms with Crippen LogP contribution in [0.4, 0.5) is 0 Å². The summed E-state index contributed by atoms with van der Waals surface area (Å²) in [5.74, 6) is -2.09. The fourth-order valence-corrected chi connectivity index (χ4v) is 18.9. The van der Waals surface area contributed by atoms with Crippen LogP contribution in [0.5, 0.6) is 0 Å². The molecular weight excluding hydrogens is 1250 g/mol. The van der Waals surface area contributed by atoms with Crippen molar-refractivity contribution in [2.24, 2.45) is 50.2 Å². The summed E-state index contributed by atoms with van der Waals surface area (Å²) in [7, 11) is 0. The van der Waals surface area contributed by atoms with Crippen molar-refractivity contribution in [2.45, 2.75) is 284 Å². The van der Waals surface area contributed by atoms with Crippen LogP contribution in [-0.4, -0.2) is 315 Å². The molecule has 18 N–H and O–H groups in total. The summed E-state index contributed by atoms with van der Waals surface area (Å²) in [6, 6.07) is 0. The highest BCUT2D eigenvalue weighted by Gasteiger charge is 2.74. The molecule has 0 aromatic rings. The van der Waals surface area contributed by atoms with Gasteiger partial charge in [-0.3, -0.25) is 4.79 Å². The molecule has 0 unspecified atom stereocenters. The standard InChI is InChI=1S/C63H102O31/c1-24-34(71)37(74)39(76)51(86-24)90-44-31(70)20-83-50(41(44)78)89-43-25(2)87-53(42(79)45(43)91-55-48(80)63(82,22-66)23-85-55)92-46-35(72)30(69)19-84-54(46)94-56(81)62-13-11-57(3,4)15-27(62)26-9-10-33-58(5)16-29(68)49(93-52-40(77)38(75)36(73)32(18-64)88-52)59(6,21-65)47(58)28(67)17-61(33,8)60(26,7)12-14-62/h9,24-25,27-55,64-80,82H,10-23H2,1-8H3/t24-,25+,27+,28-,29+,30+,31+,32-,33+,34-,35+,36-,37-,38+,39-,40+,41+,42+,43+,44+,45-,46+,47+,48+,49+,50-,51+,52-,53-,54+,55-,58+,59+,60+,61-,62+,63-/m0/s1. The van der Waals surface area contributed by atoms with E-state index in [1.165, 1.54) is 13.8 Å². The van der Waals surface area contributed by atoms with Gasteiger partial charge in [0.1, 0.15) is 103 Å². The maximum atomic E-state index is 15.7. The molecule has 0 bridgehead atoms. The molecule has 0 aromatic heterocycles. The van der Waals surface area contributed by atoms with Gasteiger partial charge in [-0.25, -0.2) is 0 Å². The zero-order valence-corrected chi connectivity index (χ0v) is 54.2. The van der Waals surface area contributed by atoms with E-state index < -0.39 is 262 Å². The Hall–Kier alpha value is -1.95. The molecule has 31 heteroatoms. The van der Waals surface area contributed by atoms with Gasteiger partial charge >= 0.3 is 5.97 Å². The van der Waals surface area contributed by atoms with Gasteiger partial charge in [-0.05, 0) is 98.7 Å². The summed E-state index contributed by atoms with van der Waals surface area (Å²) in [5, 5.41) is 200. The molecule has 6 saturated heterocycles. The molecule has 31 nitrogen and oxygen atoms in total. The third kappa shape index (κ3) is 12.1. The van der Waals surface area contributed by atoms with Crippen LogP contribution in [-0.2, 0) is 61.6 Å². The first kappa shape index (κ1) is 73.3. The highest BCUT2D eigenvalue weighted by atomic mass is 16.8. The number of fused-ring (bicyclic) bond motifs is 7. The predicted molar refractivity (Wildman–Crippen MR) is 311 cm³/mol. The summed E-state index contributed by atoms with van der Waals surface area (Å²) in [4.78, 5) is 15.7. The van der Waals surface area contributed by atoms with Gasteiger partial charge in [-0.2, -0.15) is 0 Å². The summed E-state index contributed by atoms with van der Waals surface area (Å²) in [6.45, 7) is 11.1. The highest BCUT2D eigenvalue weighted by molar-refractivity contribution is 5.79. The molecule has 6 heterocycles. The van der Waals surface area contributed by atoms with Crippen molar-refractivity contribution in [1.29, 1.82) is 0 Å². The third-order valence-corrected chi connectivity index (χ3v) is 24.5. The Balaban J connectivity index is 0.838. The summed E-state index contributed by atoms with van der Waals surface area (Å²) < 4.78 is 72.0. The number of allylic oxidation sites excluding steroid dienone is 2. The molecule has 0 spiro atoms. The first-order valence-electron chi connectivity index (χ1n) is 33.1. The van der Waals surface area contributed by atoms with Crippen molar-refractivity contribution >= 4 is 5.97 Å². The number of carbonyl (C=O) groups is 1. The van der Waals surface area contributed by atoms with E-state index in [2.05, 4.69) is 33.8 Å². The van der Waals surface area contributed by atoms with E-state index in [-0.39, 0.29) is 30.6 Å². The summed E-state index contributed by atoms with van der Waals surface area (Å²) in [6.07, 6.45) is -40.9. The van der Waals surface area contributed by atoms with Gasteiger partial charge in [-0.1, -0.05) is 53.2 Å². The number of carbonyl (C=O) groups excluding carboxylic acids is 1. The summed E-state index contributed by atoms with van der Waals surface area (Å²) >= 11 is 0. The lowest BCUT2D eigenvalue weighted by molar-refractivity contribution is -0.387. The minimum atomic E-state index is -2.24. The average Bonchev–Trinajstić information content (AvgIpc) is 0.723. The first-order valence-corrected chi connectivity index (χ1v) is 33.1. The molecule has 10 fully saturated rings. The molecular formula is C63H102O31. The topological polar surface area (TPSA) is 492 Å². The maximum absolute atomic E-state index is 15.7. The van der Waals surface area contributed by atoms with E-state index >= 15 is 4.79 Å². The van der Waals surface area contributed by atoms with E-state index in [9.17, 15) is 91.9 Å². The van der Waals surface area contributed by atoms with Crippen LogP contribution in [0, 0.1) is 50.2 Å². The van der Waals surface area contributed by atoms with Gasteiger partial charge in [0.25, 0.3) is 0 Å². The smallest absolute Gasteiger partial charge is 0.315 e. The second kappa shape index (κ2) is 26.8. The van der Waals surface area contributed by atoms with Gasteiger partial charge in [0.05, 0.1) is 75.6 Å². The number of hydrogen-bond acceptors (Lipinski definition) is 31. The SMILES string of the molecule is C[C@@H]1O[C@H](O[C@H]2[C@@H](O)[C@H](O[C@H]3[C@@H](O[C@@H]4OC[C@@](O)(CO)[C@@H]4O)[C@@H](O)[C@H](O[C@H]4[C@@H](OC(=O)[C@@]56CCC(C)(C)C[C@@H]5C5=CC[C@@H]7[C@@]8(C)C[C@@H](O)[C@@H](O[C@@H]9O[C@@H](CO)[C@H](O)[C@@H](O)[C@H]9O)[C@](C)(CO)[C@@H]8[C@@H](O)C[C@]7(C)[C@]5(C)CC6)OC[C@@H](O)[C@H]4O)O[C@@H]3C)OC[C@H]2O)[C@@H](O)[C@@H](O)[C@H]1O. The van der Waals surface area contributed by atoms with Crippen LogP contribution < -0.4 is 0 Å². The molecule has 0 aromatic carbocycles. The van der Waals surface area contributed by atoms with Crippen molar-refractivity contribution in [1.82, 2.24) is 0 Å². The van der Waals surface area contributed by atoms with Gasteiger partial charge in [0.2, 0.25) is 6.29 Å². The summed E-state index contributed by atoms with van der Waals surface area (Å²) in [5.41, 5.74) is -6.39. The Kier molecular flexibility index (Phi) is 20.9. The monoisotopic (exact) mass is 1350 g/mol. The highest BCUT2D eigenvalue weighted by Crippen LogP contribution is 2.76. The second-order valence-corrected chi connectivity index (χ2v) is 30.8. The van der Waals surface area contributed by atoms with Crippen molar-refractivity contribution < 1.29 is 154 Å². The fourth-order valence-electron chi connectivity index (χ4n) is 18.9. The van der Waals surface area contributed by atoms with E-state index in [1.54, 1.807) is 6.92 Å². The van der Waals surface area contributed by atoms with Gasteiger partial charge in [0.15, 0.2) is 37.6 Å². The van der Waals surface area contributed by atoms with Crippen LogP contribution in [0.25, 0.3) is 0 Å². The first-order chi connectivity index (χ1) is 44.0. The molecule has 5 aliphatic carbocycles. The number of hydrogen-bond donors (Lipinski definition) is 18. The zero-order valence-electron chi connectivity index (χ0n) is 54.2. The van der Waals surface area contributed by atoms with Crippen LogP contribution in [0.1, 0.15) is 107 Å². The Labute approximate surface area is 543 Å². The van der Waals surface area contributed by atoms with E-state index in [0.29, 0.717) is 32.1 Å². The Morgan fingerprint density at radius 2 is 1.12 bits per heavy atom. The largest absolute Gasteiger partial charge is 0.432 e. The normalized spacial score (nSPS) is 55.9. The molecule has 94 heavy (non-hydrogen) atoms. The van der Waals surface area contributed by atoms with Gasteiger partial charge in [0, 0.05) is 11.3 Å². The molecule has 37 atom stereocenters. The zero-order chi connectivity index (χ0) is 68.6. The molecule has 11 aliphatic rings. The lowest BCUT2D eigenvalue weighted by Crippen LogP contribution is -2.72. The van der Waals surface area contributed by atoms with Crippen LogP contribution in [0.15, 0.2) is 11.6 Å². The molecule has 11 rings (SSSR count).